The van der Waals surface area contributed by atoms with Gasteiger partial charge in [-0.25, -0.2) is 4.79 Å². The molecule has 3 nitrogen and oxygen atoms in total. The molecule has 0 saturated heterocycles. The molecular formula is C13H16O3. The lowest BCUT2D eigenvalue weighted by Gasteiger charge is -2.00. The Labute approximate surface area is 96.4 Å². The van der Waals surface area contributed by atoms with Crippen molar-refractivity contribution in [1.29, 1.82) is 0 Å². The monoisotopic (exact) mass is 220 g/mol. The fourth-order valence-corrected chi connectivity index (χ4v) is 0.791. The summed E-state index contributed by atoms with van der Waals surface area (Å²) >= 11 is 0. The molecule has 16 heavy (non-hydrogen) atoms. The zero-order chi connectivity index (χ0) is 12.4. The van der Waals surface area contributed by atoms with Crippen LogP contribution in [0.25, 0.3) is 0 Å². The number of methoxy groups -OCH3 is 1. The van der Waals surface area contributed by atoms with Crippen LogP contribution in [0.3, 0.4) is 0 Å². The highest BCUT2D eigenvalue weighted by molar-refractivity contribution is 5.88. The SMILES string of the molecule is C=C/C(=C\C=C(/C)C#CC(=O)OC)OCC. The van der Waals surface area contributed by atoms with Gasteiger partial charge in [0.15, 0.2) is 0 Å². The van der Waals surface area contributed by atoms with Gasteiger partial charge in [0, 0.05) is 5.92 Å². The van der Waals surface area contributed by atoms with Crippen LogP contribution < -0.4 is 0 Å². The molecule has 0 aromatic heterocycles. The fourth-order valence-electron chi connectivity index (χ4n) is 0.791. The first-order chi connectivity index (χ1) is 7.63. The van der Waals surface area contributed by atoms with Gasteiger partial charge >= 0.3 is 5.97 Å². The van der Waals surface area contributed by atoms with Gasteiger partial charge in [-0.05, 0) is 37.6 Å². The first-order valence-electron chi connectivity index (χ1n) is 4.87. The summed E-state index contributed by atoms with van der Waals surface area (Å²) in [5.41, 5.74) is 0.740. The molecular weight excluding hydrogens is 204 g/mol. The lowest BCUT2D eigenvalue weighted by atomic mass is 10.2. The second-order valence-corrected chi connectivity index (χ2v) is 2.80. The molecule has 0 aliphatic rings. The largest absolute Gasteiger partial charge is 0.494 e. The summed E-state index contributed by atoms with van der Waals surface area (Å²) in [6, 6.07) is 0. The van der Waals surface area contributed by atoms with Crippen LogP contribution in [-0.2, 0) is 14.3 Å². The van der Waals surface area contributed by atoms with Crippen molar-refractivity contribution in [3.05, 3.63) is 36.1 Å². The molecule has 0 aromatic rings. The molecule has 0 spiro atoms. The summed E-state index contributed by atoms with van der Waals surface area (Å²) in [6.07, 6.45) is 5.11. The molecule has 0 aliphatic carbocycles. The van der Waals surface area contributed by atoms with Crippen LogP contribution in [0, 0.1) is 11.8 Å². The van der Waals surface area contributed by atoms with E-state index in [0.717, 1.165) is 5.57 Å². The Balaban J connectivity index is 4.57. The number of carbonyl (C=O) groups is 1. The van der Waals surface area contributed by atoms with Crippen molar-refractivity contribution in [3.8, 4) is 11.8 Å². The van der Waals surface area contributed by atoms with E-state index in [1.807, 2.05) is 6.92 Å². The zero-order valence-corrected chi connectivity index (χ0v) is 9.87. The van der Waals surface area contributed by atoms with Gasteiger partial charge < -0.3 is 9.47 Å². The predicted octanol–water partition coefficient (Wildman–Crippen LogP) is 2.22. The Morgan fingerprint density at radius 3 is 2.56 bits per heavy atom. The topological polar surface area (TPSA) is 35.5 Å². The normalized spacial score (nSPS) is 11.2. The van der Waals surface area contributed by atoms with E-state index < -0.39 is 5.97 Å². The van der Waals surface area contributed by atoms with Crippen LogP contribution in [0.4, 0.5) is 0 Å². The third-order valence-electron chi connectivity index (χ3n) is 1.56. The Morgan fingerprint density at radius 2 is 2.06 bits per heavy atom. The lowest BCUT2D eigenvalue weighted by molar-refractivity contribution is -0.133. The van der Waals surface area contributed by atoms with E-state index in [1.165, 1.54) is 7.11 Å². The Kier molecular flexibility index (Phi) is 7.35. The summed E-state index contributed by atoms with van der Waals surface area (Å²) in [6.45, 7) is 7.88. The molecule has 0 radical (unpaired) electrons. The van der Waals surface area contributed by atoms with Gasteiger partial charge in [-0.2, -0.15) is 0 Å². The smallest absolute Gasteiger partial charge is 0.384 e. The van der Waals surface area contributed by atoms with Crippen LogP contribution in [-0.4, -0.2) is 19.7 Å². The second kappa shape index (κ2) is 8.37. The Bertz CT molecular complexity index is 364. The van der Waals surface area contributed by atoms with Crippen LogP contribution in [0.5, 0.6) is 0 Å². The molecule has 0 N–H and O–H groups in total. The molecule has 3 heteroatoms. The number of carbonyl (C=O) groups excluding carboxylic acids is 1. The van der Waals surface area contributed by atoms with E-state index in [0.29, 0.717) is 12.4 Å². The standard InChI is InChI=1S/C13H16O3/c1-5-12(16-6-2)9-7-11(3)8-10-13(14)15-4/h5,7,9H,1,6H2,2-4H3/b11-7+,12-9+. The molecule has 0 bridgehead atoms. The molecule has 0 unspecified atom stereocenters. The van der Waals surface area contributed by atoms with Gasteiger partial charge in [0.25, 0.3) is 0 Å². The van der Waals surface area contributed by atoms with Gasteiger partial charge in [0.2, 0.25) is 0 Å². The van der Waals surface area contributed by atoms with Crippen molar-refractivity contribution >= 4 is 5.97 Å². The molecule has 0 saturated carbocycles. The van der Waals surface area contributed by atoms with Crippen molar-refractivity contribution in [2.75, 3.05) is 13.7 Å². The van der Waals surface area contributed by atoms with Crippen molar-refractivity contribution < 1.29 is 14.3 Å². The minimum Gasteiger partial charge on any atom is -0.494 e. The van der Waals surface area contributed by atoms with Gasteiger partial charge in [-0.1, -0.05) is 12.5 Å². The summed E-state index contributed by atoms with van der Waals surface area (Å²) in [4.78, 5) is 10.7. The molecule has 0 fully saturated rings. The number of rotatable bonds is 4. The van der Waals surface area contributed by atoms with Crippen LogP contribution in [0.15, 0.2) is 36.1 Å². The maximum absolute atomic E-state index is 10.7. The highest BCUT2D eigenvalue weighted by Gasteiger charge is 1.90. The molecule has 0 aromatic carbocycles. The van der Waals surface area contributed by atoms with Gasteiger partial charge in [-0.15, -0.1) is 0 Å². The molecule has 86 valence electrons. The third-order valence-corrected chi connectivity index (χ3v) is 1.56. The molecule has 0 atom stereocenters. The number of hydrogen-bond donors (Lipinski definition) is 0. The second-order valence-electron chi connectivity index (χ2n) is 2.80. The van der Waals surface area contributed by atoms with Crippen molar-refractivity contribution in [3.63, 3.8) is 0 Å². The fraction of sp³-hybridized carbons (Fsp3) is 0.308. The maximum Gasteiger partial charge on any atom is 0.384 e. The van der Waals surface area contributed by atoms with Crippen molar-refractivity contribution in [1.82, 2.24) is 0 Å². The van der Waals surface area contributed by atoms with Crippen LogP contribution >= 0.6 is 0 Å². The quantitative estimate of drug-likeness (QED) is 0.239. The minimum atomic E-state index is -0.550. The molecule has 0 heterocycles. The summed E-state index contributed by atoms with van der Waals surface area (Å²) in [7, 11) is 1.29. The minimum absolute atomic E-state index is 0.550. The van der Waals surface area contributed by atoms with Crippen molar-refractivity contribution in [2.24, 2.45) is 0 Å². The van der Waals surface area contributed by atoms with Gasteiger partial charge in [-0.3, -0.25) is 0 Å². The molecule has 0 aliphatic heterocycles. The van der Waals surface area contributed by atoms with Crippen LogP contribution in [0.2, 0.25) is 0 Å². The van der Waals surface area contributed by atoms with E-state index >= 15 is 0 Å². The molecule has 0 amide bonds. The Hall–Kier alpha value is -1.95. The van der Waals surface area contributed by atoms with E-state index in [4.69, 9.17) is 4.74 Å². The summed E-state index contributed by atoms with van der Waals surface area (Å²) in [5.74, 6) is 5.11. The number of esters is 1. The average Bonchev–Trinajstić information content (AvgIpc) is 2.31. The summed E-state index contributed by atoms with van der Waals surface area (Å²) < 4.78 is 9.64. The highest BCUT2D eigenvalue weighted by atomic mass is 16.5. The molecule has 0 rings (SSSR count). The van der Waals surface area contributed by atoms with Crippen LogP contribution in [0.1, 0.15) is 13.8 Å². The van der Waals surface area contributed by atoms with E-state index in [-0.39, 0.29) is 0 Å². The van der Waals surface area contributed by atoms with E-state index in [2.05, 4.69) is 23.2 Å². The van der Waals surface area contributed by atoms with Crippen molar-refractivity contribution in [2.45, 2.75) is 13.8 Å². The van der Waals surface area contributed by atoms with E-state index in [9.17, 15) is 4.79 Å². The number of allylic oxidation sites excluding steroid dienone is 4. The van der Waals surface area contributed by atoms with E-state index in [1.54, 1.807) is 25.2 Å². The number of hydrogen-bond acceptors (Lipinski definition) is 3. The predicted molar refractivity (Wildman–Crippen MR) is 63.5 cm³/mol. The Morgan fingerprint density at radius 1 is 1.38 bits per heavy atom. The first-order valence-corrected chi connectivity index (χ1v) is 4.87. The first kappa shape index (κ1) is 14.1. The average molecular weight is 220 g/mol. The zero-order valence-electron chi connectivity index (χ0n) is 9.87. The number of ether oxygens (including phenoxy) is 2. The highest BCUT2D eigenvalue weighted by Crippen LogP contribution is 2.00. The van der Waals surface area contributed by atoms with Gasteiger partial charge in [0.1, 0.15) is 5.76 Å². The third kappa shape index (κ3) is 6.50. The maximum atomic E-state index is 10.7. The summed E-state index contributed by atoms with van der Waals surface area (Å²) in [5, 5.41) is 0. The lowest BCUT2D eigenvalue weighted by Crippen LogP contribution is -1.94. The van der Waals surface area contributed by atoms with Gasteiger partial charge in [0.05, 0.1) is 13.7 Å².